The molecule has 0 atom stereocenters. The van der Waals surface area contributed by atoms with Crippen molar-refractivity contribution in [1.82, 2.24) is 15.1 Å². The maximum atomic E-state index is 12.8. The van der Waals surface area contributed by atoms with Crippen LogP contribution in [0.4, 0.5) is 13.2 Å². The van der Waals surface area contributed by atoms with Crippen molar-refractivity contribution < 1.29 is 17.7 Å². The lowest BCUT2D eigenvalue weighted by atomic mass is 10.1. The Morgan fingerprint density at radius 1 is 1.26 bits per heavy atom. The first-order chi connectivity index (χ1) is 8.93. The van der Waals surface area contributed by atoms with Crippen molar-refractivity contribution >= 4 is 0 Å². The van der Waals surface area contributed by atoms with E-state index in [1.807, 2.05) is 0 Å². The number of hydrogen-bond donors (Lipinski definition) is 1. The van der Waals surface area contributed by atoms with Gasteiger partial charge in [-0.15, -0.1) is 0 Å². The minimum absolute atomic E-state index is 0.0393. The van der Waals surface area contributed by atoms with Gasteiger partial charge in [-0.05, 0) is 25.0 Å². The minimum atomic E-state index is -4.47. The summed E-state index contributed by atoms with van der Waals surface area (Å²) in [6, 6.07) is 1.89. The van der Waals surface area contributed by atoms with Crippen molar-refractivity contribution in [3.05, 3.63) is 33.9 Å². The number of aromatic amines is 1. The number of nitrogens with one attached hydrogen (secondary N) is 1. The Kier molecular flexibility index (Phi) is 2.48. The van der Waals surface area contributed by atoms with Crippen LogP contribution in [0.3, 0.4) is 0 Å². The van der Waals surface area contributed by atoms with Gasteiger partial charge in [0.25, 0.3) is 0 Å². The van der Waals surface area contributed by atoms with Gasteiger partial charge >= 0.3 is 11.9 Å². The van der Waals surface area contributed by atoms with Crippen LogP contribution >= 0.6 is 0 Å². The van der Waals surface area contributed by atoms with E-state index in [1.165, 1.54) is 0 Å². The molecule has 0 aliphatic heterocycles. The van der Waals surface area contributed by atoms with E-state index in [9.17, 15) is 18.0 Å². The summed E-state index contributed by atoms with van der Waals surface area (Å²) in [4.78, 5) is 18.3. The molecular weight excluding hydrogens is 263 g/mol. The second-order valence-electron chi connectivity index (χ2n) is 4.37. The number of aromatic nitrogens is 3. The lowest BCUT2D eigenvalue weighted by Gasteiger charge is -2.09. The van der Waals surface area contributed by atoms with Crippen molar-refractivity contribution in [3.63, 3.8) is 0 Å². The lowest BCUT2D eigenvalue weighted by Crippen LogP contribution is -2.08. The van der Waals surface area contributed by atoms with E-state index in [-0.39, 0.29) is 17.4 Å². The Morgan fingerprint density at radius 3 is 2.53 bits per heavy atom. The highest BCUT2D eigenvalue weighted by Gasteiger charge is 2.34. The smallest absolute Gasteiger partial charge is 0.321 e. The van der Waals surface area contributed by atoms with Gasteiger partial charge in [-0.2, -0.15) is 23.3 Å². The number of alkyl halides is 3. The van der Waals surface area contributed by atoms with Crippen LogP contribution in [0.2, 0.25) is 0 Å². The van der Waals surface area contributed by atoms with Crippen LogP contribution < -0.4 is 5.76 Å². The average Bonchev–Trinajstić information content (AvgIpc) is 3.10. The molecule has 0 aromatic carbocycles. The largest absolute Gasteiger partial charge is 0.460 e. The van der Waals surface area contributed by atoms with Gasteiger partial charge in [-0.25, -0.2) is 9.78 Å². The predicted molar refractivity (Wildman–Crippen MR) is 57.3 cm³/mol. The molecule has 1 N–H and O–H groups in total. The summed E-state index contributed by atoms with van der Waals surface area (Å²) in [5.41, 5.74) is -0.473. The molecule has 0 amide bonds. The summed E-state index contributed by atoms with van der Waals surface area (Å²) in [5.74, 6) is -0.945. The minimum Gasteiger partial charge on any atom is -0.321 e. The van der Waals surface area contributed by atoms with Crippen LogP contribution in [-0.2, 0) is 6.18 Å². The third-order valence-electron chi connectivity index (χ3n) is 2.85. The molecule has 100 valence electrons. The van der Waals surface area contributed by atoms with Gasteiger partial charge in [-0.1, -0.05) is 0 Å². The summed E-state index contributed by atoms with van der Waals surface area (Å²) in [6.45, 7) is 0. The van der Waals surface area contributed by atoms with Gasteiger partial charge in [0, 0.05) is 11.6 Å². The monoisotopic (exact) mass is 271 g/mol. The highest BCUT2D eigenvalue weighted by atomic mass is 19.4. The Morgan fingerprint density at radius 2 is 2.00 bits per heavy atom. The molecule has 2 aromatic rings. The van der Waals surface area contributed by atoms with E-state index >= 15 is 0 Å². The van der Waals surface area contributed by atoms with Gasteiger partial charge in [0.15, 0.2) is 5.82 Å². The zero-order valence-electron chi connectivity index (χ0n) is 9.49. The molecular formula is C11H8F3N3O2. The standard InChI is InChI=1S/C11H8F3N3O2/c12-11(13,14)6-3-7(5-1-2-5)15-8(4-6)9-16-10(18)19-17-9/h3-5H,1-2H2,(H,16,17,18). The molecule has 2 heterocycles. The SMILES string of the molecule is O=c1nc(-c2cc(C(F)(F)F)cc(C3CC3)n2)[nH]o1. The van der Waals surface area contributed by atoms with Crippen LogP contribution in [0.25, 0.3) is 11.5 Å². The third-order valence-corrected chi connectivity index (χ3v) is 2.85. The van der Waals surface area contributed by atoms with Gasteiger partial charge in [-0.3, -0.25) is 0 Å². The Bertz CT molecular complexity index is 670. The van der Waals surface area contributed by atoms with E-state index in [0.29, 0.717) is 5.69 Å². The normalized spacial score (nSPS) is 15.7. The maximum absolute atomic E-state index is 12.8. The zero-order chi connectivity index (χ0) is 13.6. The van der Waals surface area contributed by atoms with Crippen LogP contribution in [-0.4, -0.2) is 15.1 Å². The second-order valence-corrected chi connectivity index (χ2v) is 4.37. The fourth-order valence-corrected chi connectivity index (χ4v) is 1.76. The van der Waals surface area contributed by atoms with Crippen molar-refractivity contribution in [2.45, 2.75) is 24.9 Å². The van der Waals surface area contributed by atoms with Gasteiger partial charge in [0.1, 0.15) is 5.69 Å². The molecule has 2 aromatic heterocycles. The maximum Gasteiger partial charge on any atom is 0.460 e. The molecule has 1 saturated carbocycles. The number of halogens is 3. The molecule has 1 fully saturated rings. The molecule has 8 heteroatoms. The highest BCUT2D eigenvalue weighted by molar-refractivity contribution is 5.51. The first-order valence-corrected chi connectivity index (χ1v) is 5.58. The second kappa shape index (κ2) is 3.94. The van der Waals surface area contributed by atoms with Crippen molar-refractivity contribution in [2.75, 3.05) is 0 Å². The number of hydrogen-bond acceptors (Lipinski definition) is 4. The van der Waals surface area contributed by atoms with Crippen molar-refractivity contribution in [1.29, 1.82) is 0 Å². The van der Waals surface area contributed by atoms with E-state index in [0.717, 1.165) is 25.0 Å². The van der Waals surface area contributed by atoms with Crippen molar-refractivity contribution in [2.24, 2.45) is 0 Å². The van der Waals surface area contributed by atoms with Gasteiger partial charge in [0.05, 0.1) is 5.56 Å². The summed E-state index contributed by atoms with van der Waals surface area (Å²) in [5, 5.41) is 2.16. The molecule has 1 aliphatic rings. The zero-order valence-corrected chi connectivity index (χ0v) is 9.49. The van der Waals surface area contributed by atoms with E-state index in [1.54, 1.807) is 0 Å². The molecule has 0 unspecified atom stereocenters. The fraction of sp³-hybridized carbons (Fsp3) is 0.364. The van der Waals surface area contributed by atoms with Gasteiger partial charge < -0.3 is 4.52 Å². The molecule has 3 rings (SSSR count). The summed E-state index contributed by atoms with van der Waals surface area (Å²) in [7, 11) is 0. The molecule has 0 radical (unpaired) electrons. The highest BCUT2D eigenvalue weighted by Crippen LogP contribution is 2.41. The quantitative estimate of drug-likeness (QED) is 0.909. The summed E-state index contributed by atoms with van der Waals surface area (Å²) >= 11 is 0. The van der Waals surface area contributed by atoms with Crippen LogP contribution in [0.1, 0.15) is 30.0 Å². The number of nitrogens with zero attached hydrogens (tertiary/aromatic N) is 2. The summed E-state index contributed by atoms with van der Waals surface area (Å²) in [6.07, 6.45) is -2.82. The lowest BCUT2D eigenvalue weighted by molar-refractivity contribution is -0.137. The Labute approximate surface area is 104 Å². The number of rotatable bonds is 2. The predicted octanol–water partition coefficient (Wildman–Crippen LogP) is 2.32. The van der Waals surface area contributed by atoms with Crippen LogP contribution in [0, 0.1) is 0 Å². The topological polar surface area (TPSA) is 71.8 Å². The first kappa shape index (κ1) is 11.9. The number of pyridine rings is 1. The fourth-order valence-electron chi connectivity index (χ4n) is 1.76. The van der Waals surface area contributed by atoms with Gasteiger partial charge in [0.2, 0.25) is 0 Å². The Balaban J connectivity index is 2.13. The number of H-pyrrole nitrogens is 1. The van der Waals surface area contributed by atoms with Crippen LogP contribution in [0.5, 0.6) is 0 Å². The average molecular weight is 271 g/mol. The Hall–Kier alpha value is -2.12. The molecule has 0 bridgehead atoms. The van der Waals surface area contributed by atoms with E-state index in [2.05, 4.69) is 19.6 Å². The van der Waals surface area contributed by atoms with E-state index in [4.69, 9.17) is 0 Å². The molecule has 1 aliphatic carbocycles. The molecule has 0 saturated heterocycles. The van der Waals surface area contributed by atoms with Crippen molar-refractivity contribution in [3.8, 4) is 11.5 Å². The summed E-state index contributed by atoms with van der Waals surface area (Å²) < 4.78 is 42.8. The molecule has 0 spiro atoms. The van der Waals surface area contributed by atoms with E-state index < -0.39 is 17.5 Å². The first-order valence-electron chi connectivity index (χ1n) is 5.58. The molecule has 19 heavy (non-hydrogen) atoms. The molecule has 5 nitrogen and oxygen atoms in total. The van der Waals surface area contributed by atoms with Crippen LogP contribution in [0.15, 0.2) is 21.5 Å². The third kappa shape index (κ3) is 2.38.